The number of hydrogen-bond acceptors (Lipinski definition) is 2. The number of hydrogen-bond donors (Lipinski definition) is 0. The van der Waals surface area contributed by atoms with Gasteiger partial charge < -0.3 is 4.74 Å². The van der Waals surface area contributed by atoms with Crippen molar-refractivity contribution in [3.63, 3.8) is 0 Å². The summed E-state index contributed by atoms with van der Waals surface area (Å²) < 4.78 is 3.26. The molecule has 0 aromatic heterocycles. The van der Waals surface area contributed by atoms with Crippen LogP contribution in [0.15, 0.2) is 24.3 Å². The van der Waals surface area contributed by atoms with Crippen LogP contribution in [0.5, 0.6) is 0 Å². The summed E-state index contributed by atoms with van der Waals surface area (Å²) in [6.45, 7) is -0.240. The highest BCUT2D eigenvalue weighted by atomic mass is 79.9. The molecule has 0 heterocycles. The van der Waals surface area contributed by atoms with Crippen molar-refractivity contribution in [3.8, 4) is 0 Å². The van der Waals surface area contributed by atoms with Crippen molar-refractivity contribution in [2.24, 2.45) is 0 Å². The average molecular weight is 360 g/mol. The van der Waals surface area contributed by atoms with Crippen LogP contribution in [-0.2, 0) is 21.3 Å². The smallest absolute Gasteiger partial charge is 0.310 e. The zero-order valence-corrected chi connectivity index (χ0v) is 12.6. The van der Waals surface area contributed by atoms with Gasteiger partial charge in [-0.15, -0.1) is 0 Å². The highest BCUT2D eigenvalue weighted by Crippen LogP contribution is 2.26. The molecule has 0 atom stereocenters. The third kappa shape index (κ3) is 6.51. The quantitative estimate of drug-likeness (QED) is 0.598. The zero-order chi connectivity index (χ0) is 12.9. The Morgan fingerprint density at radius 2 is 1.71 bits per heavy atom. The van der Waals surface area contributed by atoms with E-state index in [1.807, 2.05) is 24.3 Å². The Bertz CT molecular complexity index is 373. The van der Waals surface area contributed by atoms with Crippen LogP contribution in [0.3, 0.4) is 0 Å². The van der Waals surface area contributed by atoms with Gasteiger partial charge in [-0.25, -0.2) is 0 Å². The summed E-state index contributed by atoms with van der Waals surface area (Å²) >= 11 is 19.7. The molecule has 0 unspecified atom stereocenters. The number of carbonyl (C=O) groups is 1. The third-order valence-corrected chi connectivity index (χ3v) is 2.90. The van der Waals surface area contributed by atoms with E-state index in [-0.39, 0.29) is 13.0 Å². The SMILES string of the molecule is O=C(Cc1ccc(CBr)cc1)OCC(Cl)(Cl)Cl. The first-order valence-electron chi connectivity index (χ1n) is 4.77. The standard InChI is InChI=1S/C11H10BrCl3O2/c12-6-9-3-1-8(2-4-9)5-10(16)17-7-11(13,14)15/h1-4H,5-7H2. The van der Waals surface area contributed by atoms with Crippen LogP contribution in [0.1, 0.15) is 11.1 Å². The molecular weight excluding hydrogens is 350 g/mol. The summed E-state index contributed by atoms with van der Waals surface area (Å²) in [5.41, 5.74) is 2.01. The summed E-state index contributed by atoms with van der Waals surface area (Å²) in [4.78, 5) is 11.4. The maximum absolute atomic E-state index is 11.4. The van der Waals surface area contributed by atoms with Gasteiger partial charge in [-0.1, -0.05) is 75.0 Å². The van der Waals surface area contributed by atoms with Gasteiger partial charge in [0, 0.05) is 5.33 Å². The second-order valence-corrected chi connectivity index (χ2v) is 6.48. The van der Waals surface area contributed by atoms with Crippen LogP contribution in [0.4, 0.5) is 0 Å². The van der Waals surface area contributed by atoms with Gasteiger partial charge in [0.05, 0.1) is 6.42 Å². The molecule has 0 bridgehead atoms. The Labute approximate surface area is 123 Å². The van der Waals surface area contributed by atoms with Crippen molar-refractivity contribution in [2.75, 3.05) is 6.61 Å². The van der Waals surface area contributed by atoms with E-state index in [1.165, 1.54) is 0 Å². The second kappa shape index (κ2) is 6.83. The molecule has 94 valence electrons. The lowest BCUT2D eigenvalue weighted by atomic mass is 10.1. The fourth-order valence-electron chi connectivity index (χ4n) is 1.13. The summed E-state index contributed by atoms with van der Waals surface area (Å²) in [5, 5.41) is 0.783. The van der Waals surface area contributed by atoms with E-state index in [1.54, 1.807) is 0 Å². The Balaban J connectivity index is 2.45. The molecule has 0 aliphatic rings. The first-order chi connectivity index (χ1) is 7.90. The Morgan fingerprint density at radius 1 is 1.18 bits per heavy atom. The number of alkyl halides is 4. The first kappa shape index (κ1) is 15.1. The summed E-state index contributed by atoms with van der Waals surface area (Å²) in [7, 11) is 0. The molecule has 0 N–H and O–H groups in total. The lowest BCUT2D eigenvalue weighted by Gasteiger charge is -2.11. The first-order valence-corrected chi connectivity index (χ1v) is 7.02. The number of carbonyl (C=O) groups excluding carboxylic acids is 1. The topological polar surface area (TPSA) is 26.3 Å². The number of ether oxygens (including phenoxy) is 1. The lowest BCUT2D eigenvalue weighted by molar-refractivity contribution is -0.142. The molecule has 17 heavy (non-hydrogen) atoms. The summed E-state index contributed by atoms with van der Waals surface area (Å²) in [6.07, 6.45) is 0.170. The van der Waals surface area contributed by atoms with Crippen molar-refractivity contribution in [3.05, 3.63) is 35.4 Å². The highest BCUT2D eigenvalue weighted by molar-refractivity contribution is 9.08. The molecule has 0 saturated heterocycles. The molecule has 0 amide bonds. The monoisotopic (exact) mass is 358 g/mol. The molecule has 0 aliphatic heterocycles. The minimum absolute atomic E-state index is 0.170. The van der Waals surface area contributed by atoms with E-state index >= 15 is 0 Å². The molecule has 1 aromatic carbocycles. The van der Waals surface area contributed by atoms with Gasteiger partial charge in [0.1, 0.15) is 6.61 Å². The van der Waals surface area contributed by atoms with Gasteiger partial charge in [-0.3, -0.25) is 4.79 Å². The van der Waals surface area contributed by atoms with Crippen molar-refractivity contribution in [2.45, 2.75) is 15.5 Å². The van der Waals surface area contributed by atoms with Crippen molar-refractivity contribution < 1.29 is 9.53 Å². The van der Waals surface area contributed by atoms with Crippen LogP contribution < -0.4 is 0 Å². The highest BCUT2D eigenvalue weighted by Gasteiger charge is 2.22. The Morgan fingerprint density at radius 3 is 2.18 bits per heavy atom. The molecule has 0 radical (unpaired) electrons. The van der Waals surface area contributed by atoms with E-state index in [4.69, 9.17) is 39.5 Å². The Hall–Kier alpha value is 0.0400. The fraction of sp³-hybridized carbons (Fsp3) is 0.364. The number of benzene rings is 1. The van der Waals surface area contributed by atoms with Crippen molar-refractivity contribution >= 4 is 56.7 Å². The zero-order valence-electron chi connectivity index (χ0n) is 8.76. The van der Waals surface area contributed by atoms with Crippen LogP contribution >= 0.6 is 50.7 Å². The van der Waals surface area contributed by atoms with E-state index in [9.17, 15) is 4.79 Å². The van der Waals surface area contributed by atoms with Crippen LogP contribution in [0, 0.1) is 0 Å². The predicted octanol–water partition coefficient (Wildman–Crippen LogP) is 4.04. The van der Waals surface area contributed by atoms with Crippen molar-refractivity contribution in [1.29, 1.82) is 0 Å². The number of esters is 1. The molecule has 1 rings (SSSR count). The van der Waals surface area contributed by atoms with E-state index in [0.29, 0.717) is 0 Å². The van der Waals surface area contributed by atoms with Crippen molar-refractivity contribution in [1.82, 2.24) is 0 Å². The van der Waals surface area contributed by atoms with Crippen LogP contribution in [0.25, 0.3) is 0 Å². The largest absolute Gasteiger partial charge is 0.461 e. The second-order valence-electron chi connectivity index (χ2n) is 3.40. The number of halogens is 4. The van der Waals surface area contributed by atoms with Gasteiger partial charge in [-0.05, 0) is 11.1 Å². The summed E-state index contributed by atoms with van der Waals surface area (Å²) in [5.74, 6) is -0.414. The lowest BCUT2D eigenvalue weighted by Crippen LogP contribution is -2.18. The predicted molar refractivity (Wildman–Crippen MR) is 74.0 cm³/mol. The molecule has 1 aromatic rings. The number of rotatable bonds is 4. The van der Waals surface area contributed by atoms with Crippen LogP contribution in [-0.4, -0.2) is 16.4 Å². The van der Waals surface area contributed by atoms with Gasteiger partial charge in [0.25, 0.3) is 0 Å². The molecule has 2 nitrogen and oxygen atoms in total. The van der Waals surface area contributed by atoms with Crippen LogP contribution in [0.2, 0.25) is 0 Å². The molecule has 0 fully saturated rings. The van der Waals surface area contributed by atoms with E-state index < -0.39 is 9.76 Å². The minimum atomic E-state index is -1.56. The van der Waals surface area contributed by atoms with Gasteiger partial charge in [0.15, 0.2) is 0 Å². The average Bonchev–Trinajstić information content (AvgIpc) is 2.27. The van der Waals surface area contributed by atoms with E-state index in [0.717, 1.165) is 16.5 Å². The third-order valence-electron chi connectivity index (χ3n) is 1.92. The van der Waals surface area contributed by atoms with Gasteiger partial charge in [-0.2, -0.15) is 0 Å². The van der Waals surface area contributed by atoms with Gasteiger partial charge >= 0.3 is 5.97 Å². The molecule has 0 saturated carbocycles. The maximum Gasteiger partial charge on any atom is 0.310 e. The maximum atomic E-state index is 11.4. The molecule has 0 spiro atoms. The molecule has 0 aliphatic carbocycles. The molecular formula is C11H10BrCl3O2. The molecule has 6 heteroatoms. The minimum Gasteiger partial charge on any atom is -0.461 e. The van der Waals surface area contributed by atoms with Gasteiger partial charge in [0.2, 0.25) is 3.79 Å². The Kier molecular flexibility index (Phi) is 6.07. The summed E-state index contributed by atoms with van der Waals surface area (Å²) in [6, 6.07) is 7.61. The van der Waals surface area contributed by atoms with E-state index in [2.05, 4.69) is 15.9 Å². The fourth-order valence-corrected chi connectivity index (χ4v) is 1.66. The normalized spacial score (nSPS) is 11.3.